The molecule has 204 valence electrons. The van der Waals surface area contributed by atoms with Gasteiger partial charge in [-0.1, -0.05) is 0 Å². The number of fused-ring (bicyclic) bond motifs is 1. The number of unbranched alkanes of at least 4 members (excludes halogenated alkanes) is 3. The van der Waals surface area contributed by atoms with E-state index in [-0.39, 0.29) is 5.91 Å². The fraction of sp³-hybridized carbons (Fsp3) is 0.552. The van der Waals surface area contributed by atoms with Gasteiger partial charge in [0.1, 0.15) is 0 Å². The molecule has 1 aliphatic heterocycles. The summed E-state index contributed by atoms with van der Waals surface area (Å²) in [5.41, 5.74) is 2.56. The molecule has 0 bridgehead atoms. The zero-order chi connectivity index (χ0) is 27.0. The molecule has 0 N–H and O–H groups in total. The number of carbonyl (C=O) groups excluding carboxylic acids is 1. The van der Waals surface area contributed by atoms with Crippen molar-refractivity contribution in [2.45, 2.75) is 85.6 Å². The Kier molecular flexibility index (Phi) is 10.2. The van der Waals surface area contributed by atoms with E-state index in [0.29, 0.717) is 25.5 Å². The quantitative estimate of drug-likeness (QED) is 0.239. The molecule has 38 heavy (non-hydrogen) atoms. The van der Waals surface area contributed by atoms with E-state index >= 15 is 0 Å². The van der Waals surface area contributed by atoms with Gasteiger partial charge < -0.3 is 0 Å². The molecule has 0 atom stereocenters. The Morgan fingerprint density at radius 1 is 1.00 bits per heavy atom. The van der Waals surface area contributed by atoms with Crippen LogP contribution in [0.25, 0.3) is 5.95 Å². The molecule has 2 aromatic heterocycles. The van der Waals surface area contributed by atoms with Crippen molar-refractivity contribution in [3.63, 3.8) is 0 Å². The number of benzene rings is 1. The van der Waals surface area contributed by atoms with Gasteiger partial charge in [-0.05, 0) is 6.07 Å². The monoisotopic (exact) mass is 626 g/mol. The Hall–Kier alpha value is -2.49. The van der Waals surface area contributed by atoms with Crippen LogP contribution in [0.15, 0.2) is 36.7 Å². The van der Waals surface area contributed by atoms with Gasteiger partial charge in [-0.2, -0.15) is 0 Å². The average molecular weight is 625 g/mol. The second-order valence-electron chi connectivity index (χ2n) is 10.4. The number of hydrogen-bond acceptors (Lipinski definition) is 6. The SMILES string of the molecule is CCC[CH2][Sn]([CH2]CCC)([CH2]CCC)[c]1cc(C(=O)N2CCc3c(nnn3-c3ncccn3)C2)ccc1OC. The molecule has 4 rings (SSSR count). The summed E-state index contributed by atoms with van der Waals surface area (Å²) in [7, 11) is 1.78. The van der Waals surface area contributed by atoms with Crippen LogP contribution < -0.4 is 8.32 Å². The molecular formula is C29H42N6O2Sn. The number of carbonyl (C=O) groups is 1. The number of methoxy groups -OCH3 is 1. The van der Waals surface area contributed by atoms with E-state index in [0.717, 1.165) is 22.7 Å². The zero-order valence-electron chi connectivity index (χ0n) is 23.4. The van der Waals surface area contributed by atoms with E-state index in [9.17, 15) is 4.79 Å². The summed E-state index contributed by atoms with van der Waals surface area (Å²) in [5.74, 6) is 1.56. The normalized spacial score (nSPS) is 13.4. The Balaban J connectivity index is 1.63. The minimum atomic E-state index is -2.82. The Morgan fingerprint density at radius 3 is 2.26 bits per heavy atom. The third-order valence-electron chi connectivity index (χ3n) is 7.88. The predicted molar refractivity (Wildman–Crippen MR) is 153 cm³/mol. The van der Waals surface area contributed by atoms with Crippen molar-refractivity contribution in [2.24, 2.45) is 0 Å². The van der Waals surface area contributed by atoms with Gasteiger partial charge in [0, 0.05) is 0 Å². The first kappa shape index (κ1) is 28.5. The van der Waals surface area contributed by atoms with Crippen LogP contribution >= 0.6 is 0 Å². The van der Waals surface area contributed by atoms with E-state index in [2.05, 4.69) is 53.2 Å². The average Bonchev–Trinajstić information content (AvgIpc) is 3.40. The van der Waals surface area contributed by atoms with Gasteiger partial charge in [-0.25, -0.2) is 0 Å². The van der Waals surface area contributed by atoms with Gasteiger partial charge in [0.2, 0.25) is 0 Å². The molecule has 3 aromatic rings. The van der Waals surface area contributed by atoms with Crippen LogP contribution in [0.4, 0.5) is 0 Å². The Bertz CT molecular complexity index is 1180. The van der Waals surface area contributed by atoms with Gasteiger partial charge in [-0.3, -0.25) is 0 Å². The fourth-order valence-electron chi connectivity index (χ4n) is 5.70. The van der Waals surface area contributed by atoms with Gasteiger partial charge in [0.15, 0.2) is 0 Å². The molecule has 9 heteroatoms. The third kappa shape index (κ3) is 6.21. The van der Waals surface area contributed by atoms with Crippen molar-refractivity contribution in [1.82, 2.24) is 29.9 Å². The molecule has 0 fully saturated rings. The molecular weight excluding hydrogens is 583 g/mol. The van der Waals surface area contributed by atoms with Gasteiger partial charge in [0.25, 0.3) is 0 Å². The molecule has 0 unspecified atom stereocenters. The van der Waals surface area contributed by atoms with Crippen LogP contribution in [0.2, 0.25) is 13.3 Å². The topological polar surface area (TPSA) is 86.0 Å². The van der Waals surface area contributed by atoms with Crippen molar-refractivity contribution in [3.8, 4) is 11.7 Å². The number of rotatable bonds is 13. The first-order valence-corrected chi connectivity index (χ1v) is 21.7. The van der Waals surface area contributed by atoms with E-state index in [4.69, 9.17) is 4.74 Å². The summed E-state index contributed by atoms with van der Waals surface area (Å²) in [6.07, 6.45) is 11.5. The Labute approximate surface area is 231 Å². The van der Waals surface area contributed by atoms with Gasteiger partial charge >= 0.3 is 226 Å². The Morgan fingerprint density at radius 2 is 1.66 bits per heavy atom. The minimum absolute atomic E-state index is 0.0618. The van der Waals surface area contributed by atoms with Crippen molar-refractivity contribution < 1.29 is 9.53 Å². The third-order valence-corrected chi connectivity index (χ3v) is 23.5. The summed E-state index contributed by atoms with van der Waals surface area (Å²) < 4.78 is 13.1. The van der Waals surface area contributed by atoms with Crippen molar-refractivity contribution in [1.29, 1.82) is 0 Å². The molecule has 0 saturated carbocycles. The van der Waals surface area contributed by atoms with Crippen LogP contribution in [0, 0.1) is 0 Å². The molecule has 1 aromatic carbocycles. The molecule has 1 amide bonds. The number of hydrogen-bond donors (Lipinski definition) is 0. The second-order valence-corrected chi connectivity index (χ2v) is 23.6. The molecule has 3 heterocycles. The summed E-state index contributed by atoms with van der Waals surface area (Å²) >= 11 is -2.82. The number of amides is 1. The summed E-state index contributed by atoms with van der Waals surface area (Å²) in [4.78, 5) is 24.4. The maximum absolute atomic E-state index is 13.8. The van der Waals surface area contributed by atoms with Gasteiger partial charge in [-0.15, -0.1) is 0 Å². The molecule has 1 aliphatic rings. The molecule has 0 aliphatic carbocycles. The predicted octanol–water partition coefficient (Wildman–Crippen LogP) is 5.32. The second kappa shape index (κ2) is 13.5. The summed E-state index contributed by atoms with van der Waals surface area (Å²) in [5, 5.41) is 8.66. The summed E-state index contributed by atoms with van der Waals surface area (Å²) in [6, 6.07) is 8.01. The van der Waals surface area contributed by atoms with Crippen LogP contribution in [0.3, 0.4) is 0 Å². The number of aromatic nitrogens is 5. The summed E-state index contributed by atoms with van der Waals surface area (Å²) in [6.45, 7) is 7.93. The maximum atomic E-state index is 13.8. The van der Waals surface area contributed by atoms with Crippen molar-refractivity contribution >= 4 is 27.9 Å². The number of ether oxygens (including phenoxy) is 1. The molecule has 8 nitrogen and oxygen atoms in total. The van der Waals surface area contributed by atoms with E-state index in [1.807, 2.05) is 11.0 Å². The van der Waals surface area contributed by atoms with Crippen LogP contribution in [0.1, 0.15) is 81.0 Å². The molecule has 0 saturated heterocycles. The van der Waals surface area contributed by atoms with E-state index in [1.165, 1.54) is 55.4 Å². The first-order chi connectivity index (χ1) is 18.6. The zero-order valence-corrected chi connectivity index (χ0v) is 26.3. The first-order valence-electron chi connectivity index (χ1n) is 14.3. The van der Waals surface area contributed by atoms with Crippen molar-refractivity contribution in [2.75, 3.05) is 13.7 Å². The molecule has 0 radical (unpaired) electrons. The van der Waals surface area contributed by atoms with Gasteiger partial charge in [0.05, 0.1) is 0 Å². The fourth-order valence-corrected chi connectivity index (χ4v) is 22.3. The van der Waals surface area contributed by atoms with Crippen molar-refractivity contribution in [3.05, 3.63) is 53.6 Å². The standard InChI is InChI=1S/C17H15N6O2.3C4H9.Sn/c1-25-13-5-3-12(4-6-13)16(24)22-10-7-15-14(11-22)20-21-23(15)17-18-8-2-9-19-17;3*1-3-4-2;/h2-5,8-9H,7,10-11H2,1H3;3*1,3-4H2,2H3;. The van der Waals surface area contributed by atoms with E-state index in [1.54, 1.807) is 30.3 Å². The molecule has 0 spiro atoms. The van der Waals surface area contributed by atoms with E-state index < -0.39 is 18.4 Å². The van der Waals surface area contributed by atoms with Crippen LogP contribution in [-0.2, 0) is 13.0 Å². The van der Waals surface area contributed by atoms with Crippen LogP contribution in [-0.4, -0.2) is 67.8 Å². The number of nitrogens with zero attached hydrogens (tertiary/aromatic N) is 6. The van der Waals surface area contributed by atoms with Crippen LogP contribution in [0.5, 0.6) is 5.75 Å².